The van der Waals surface area contributed by atoms with E-state index in [1.807, 2.05) is 54.6 Å². The van der Waals surface area contributed by atoms with Crippen molar-refractivity contribution in [3.63, 3.8) is 0 Å². The molecule has 0 saturated heterocycles. The minimum atomic E-state index is -0.103. The molecule has 2 aliphatic rings. The zero-order chi connectivity index (χ0) is 20.5. The Morgan fingerprint density at radius 1 is 0.567 bits per heavy atom. The van der Waals surface area contributed by atoms with E-state index in [2.05, 4.69) is 38.1 Å². The van der Waals surface area contributed by atoms with Gasteiger partial charge < -0.3 is 9.47 Å². The third kappa shape index (κ3) is 3.47. The van der Waals surface area contributed by atoms with Gasteiger partial charge in [-0.1, -0.05) is 66.7 Å². The topological polar surface area (TPSA) is 56.1 Å². The predicted molar refractivity (Wildman–Crippen MR) is 117 cm³/mol. The molecule has 0 N–H and O–H groups in total. The van der Waals surface area contributed by atoms with Crippen LogP contribution in [0, 0.1) is 0 Å². The molecule has 0 bridgehead atoms. The fourth-order valence-corrected chi connectivity index (χ4v) is 3.91. The lowest BCUT2D eigenvalue weighted by atomic mass is 10.0. The van der Waals surface area contributed by atoms with Gasteiger partial charge in [0, 0.05) is 0 Å². The van der Waals surface area contributed by atoms with Crippen molar-refractivity contribution >= 4 is 11.8 Å². The zero-order valence-corrected chi connectivity index (χ0v) is 17.0. The van der Waals surface area contributed by atoms with E-state index in [9.17, 15) is 0 Å². The Balaban J connectivity index is 1.37. The smallest absolute Gasteiger partial charge is 0.236 e. The summed E-state index contributed by atoms with van der Waals surface area (Å²) in [6.07, 6.45) is -0.205. The molecule has 5 heteroatoms. The number of aliphatic imine (C=N–C) groups is 2. The van der Waals surface area contributed by atoms with Gasteiger partial charge in [-0.25, -0.2) is 15.0 Å². The quantitative estimate of drug-likeness (QED) is 0.629. The van der Waals surface area contributed by atoms with Crippen LogP contribution in [0.3, 0.4) is 0 Å². The molecule has 3 aromatic rings. The lowest BCUT2D eigenvalue weighted by Gasteiger charge is -2.15. The first-order chi connectivity index (χ1) is 14.7. The van der Waals surface area contributed by atoms with E-state index < -0.39 is 0 Å². The van der Waals surface area contributed by atoms with Crippen molar-refractivity contribution in [1.29, 1.82) is 0 Å². The summed E-state index contributed by atoms with van der Waals surface area (Å²) < 4.78 is 12.4. The Morgan fingerprint density at radius 3 is 1.43 bits per heavy atom. The lowest BCUT2D eigenvalue weighted by molar-refractivity contribution is 0.201. The first-order valence-corrected chi connectivity index (χ1v) is 10.3. The van der Waals surface area contributed by atoms with Crippen LogP contribution in [-0.2, 0) is 9.47 Å². The van der Waals surface area contributed by atoms with Crippen molar-refractivity contribution in [1.82, 2.24) is 4.98 Å². The highest BCUT2D eigenvalue weighted by atomic mass is 16.5. The van der Waals surface area contributed by atoms with Gasteiger partial charge in [-0.15, -0.1) is 0 Å². The third-order valence-corrected chi connectivity index (χ3v) is 5.44. The summed E-state index contributed by atoms with van der Waals surface area (Å²) in [4.78, 5) is 14.2. The first kappa shape index (κ1) is 18.6. The molecule has 150 valence electrons. The van der Waals surface area contributed by atoms with Gasteiger partial charge in [-0.3, -0.25) is 0 Å². The van der Waals surface area contributed by atoms with Crippen LogP contribution in [0.2, 0.25) is 0 Å². The number of nitrogens with zero attached hydrogens (tertiary/aromatic N) is 3. The molecule has 3 heterocycles. The third-order valence-electron chi connectivity index (χ3n) is 5.44. The molecule has 0 radical (unpaired) electrons. The van der Waals surface area contributed by atoms with Crippen LogP contribution in [0.4, 0.5) is 0 Å². The van der Waals surface area contributed by atoms with Gasteiger partial charge in [0.25, 0.3) is 0 Å². The fourth-order valence-electron chi connectivity index (χ4n) is 3.91. The maximum Gasteiger partial charge on any atom is 0.236 e. The van der Waals surface area contributed by atoms with E-state index in [4.69, 9.17) is 24.4 Å². The highest BCUT2D eigenvalue weighted by Gasteiger charge is 2.32. The van der Waals surface area contributed by atoms with Crippen molar-refractivity contribution in [3.8, 4) is 0 Å². The number of ether oxygens (including phenoxy) is 2. The van der Waals surface area contributed by atoms with Crippen molar-refractivity contribution in [2.75, 3.05) is 0 Å². The van der Waals surface area contributed by atoms with Crippen molar-refractivity contribution in [3.05, 3.63) is 101 Å². The fraction of sp³-hybridized carbons (Fsp3) is 0.240. The molecule has 0 spiro atoms. The number of hydrogen-bond donors (Lipinski definition) is 0. The average molecular weight is 397 g/mol. The Morgan fingerprint density at radius 2 is 1.00 bits per heavy atom. The maximum atomic E-state index is 6.18. The van der Waals surface area contributed by atoms with Crippen LogP contribution in [0.25, 0.3) is 0 Å². The average Bonchev–Trinajstić information content (AvgIpc) is 3.38. The molecule has 5 rings (SSSR count). The molecule has 0 unspecified atom stereocenters. The summed E-state index contributed by atoms with van der Waals surface area (Å²) in [6.45, 7) is 4.12. The minimum absolute atomic E-state index is 0.0235. The molecule has 5 nitrogen and oxygen atoms in total. The van der Waals surface area contributed by atoms with Gasteiger partial charge in [0.15, 0.2) is 0 Å². The van der Waals surface area contributed by atoms with Crippen LogP contribution in [0.1, 0.15) is 48.6 Å². The van der Waals surface area contributed by atoms with Crippen LogP contribution in [-0.4, -0.2) is 28.9 Å². The number of aromatic nitrogens is 1. The largest absolute Gasteiger partial charge is 0.466 e. The molecule has 4 atom stereocenters. The van der Waals surface area contributed by atoms with Gasteiger partial charge >= 0.3 is 0 Å². The van der Waals surface area contributed by atoms with E-state index in [1.165, 1.54) is 0 Å². The molecule has 0 aliphatic carbocycles. The second kappa shape index (κ2) is 7.75. The van der Waals surface area contributed by atoms with E-state index >= 15 is 0 Å². The predicted octanol–water partition coefficient (Wildman–Crippen LogP) is 4.89. The summed E-state index contributed by atoms with van der Waals surface area (Å²) in [5.74, 6) is 1.12. The molecule has 2 aromatic carbocycles. The summed E-state index contributed by atoms with van der Waals surface area (Å²) in [7, 11) is 0. The van der Waals surface area contributed by atoms with Gasteiger partial charge in [0.1, 0.15) is 23.6 Å². The molecular weight excluding hydrogens is 374 g/mol. The van der Waals surface area contributed by atoms with E-state index in [0.29, 0.717) is 23.2 Å². The van der Waals surface area contributed by atoms with E-state index in [1.54, 1.807) is 0 Å². The summed E-state index contributed by atoms with van der Waals surface area (Å²) >= 11 is 0. The van der Waals surface area contributed by atoms with E-state index in [-0.39, 0.29) is 24.3 Å². The van der Waals surface area contributed by atoms with Crippen LogP contribution >= 0.6 is 0 Å². The van der Waals surface area contributed by atoms with E-state index in [0.717, 1.165) is 11.1 Å². The summed E-state index contributed by atoms with van der Waals surface area (Å²) in [5.41, 5.74) is 3.62. The molecule has 0 saturated carbocycles. The highest BCUT2D eigenvalue weighted by molar-refractivity contribution is 5.97. The molecule has 1 aromatic heterocycles. The van der Waals surface area contributed by atoms with Crippen molar-refractivity contribution < 1.29 is 9.47 Å². The van der Waals surface area contributed by atoms with Gasteiger partial charge in [0.2, 0.25) is 11.8 Å². The zero-order valence-electron chi connectivity index (χ0n) is 17.0. The molecule has 0 fully saturated rings. The number of rotatable bonds is 4. The van der Waals surface area contributed by atoms with Crippen LogP contribution in [0.15, 0.2) is 88.8 Å². The number of pyridine rings is 1. The summed E-state index contributed by atoms with van der Waals surface area (Å²) in [6, 6.07) is 26.1. The lowest BCUT2D eigenvalue weighted by Crippen LogP contribution is -2.13. The van der Waals surface area contributed by atoms with Crippen LogP contribution < -0.4 is 0 Å². The standard InChI is InChI=1S/C25H23N3O2/c1-16-22(18-10-5-3-6-11-18)29-24(26-16)20-14-9-15-21(28-20)25-27-17(2)23(30-25)19-12-7-4-8-13-19/h3-17,22-23H,1-2H3/t16-,17-,22-,23-/m1/s1. The summed E-state index contributed by atoms with van der Waals surface area (Å²) in [5, 5.41) is 0. The first-order valence-electron chi connectivity index (χ1n) is 10.3. The molecule has 0 amide bonds. The normalized spacial score (nSPS) is 25.3. The van der Waals surface area contributed by atoms with Crippen molar-refractivity contribution in [2.24, 2.45) is 9.98 Å². The number of hydrogen-bond acceptors (Lipinski definition) is 5. The second-order valence-electron chi connectivity index (χ2n) is 7.66. The minimum Gasteiger partial charge on any atom is -0.466 e. The second-order valence-corrected chi connectivity index (χ2v) is 7.66. The van der Waals surface area contributed by atoms with Gasteiger partial charge in [-0.05, 0) is 37.1 Å². The highest BCUT2D eigenvalue weighted by Crippen LogP contribution is 2.32. The monoisotopic (exact) mass is 397 g/mol. The van der Waals surface area contributed by atoms with Crippen molar-refractivity contribution in [2.45, 2.75) is 38.1 Å². The number of benzene rings is 2. The van der Waals surface area contributed by atoms with Crippen LogP contribution in [0.5, 0.6) is 0 Å². The molecular formula is C25H23N3O2. The Bertz CT molecular complexity index is 1010. The van der Waals surface area contributed by atoms with Gasteiger partial charge in [0.05, 0.1) is 12.1 Å². The maximum absolute atomic E-state index is 6.18. The Labute approximate surface area is 176 Å². The Kier molecular flexibility index (Phi) is 4.79. The Hall–Kier alpha value is -3.47. The SMILES string of the molecule is C[C@H]1N=C(c2cccc(C3=N[C@H](C)[C@H](c4ccccc4)O3)n2)O[C@H]1c1ccccc1. The molecule has 2 aliphatic heterocycles. The van der Waals surface area contributed by atoms with Gasteiger partial charge in [-0.2, -0.15) is 0 Å². The molecule has 30 heavy (non-hydrogen) atoms.